The number of halogens is 3. The second-order valence-electron chi connectivity index (χ2n) is 8.12. The lowest BCUT2D eigenvalue weighted by Crippen LogP contribution is -2.32. The summed E-state index contributed by atoms with van der Waals surface area (Å²) >= 11 is 0. The van der Waals surface area contributed by atoms with Gasteiger partial charge in [-0.2, -0.15) is 18.3 Å². The van der Waals surface area contributed by atoms with Crippen molar-refractivity contribution in [3.63, 3.8) is 0 Å². The van der Waals surface area contributed by atoms with E-state index in [-0.39, 0.29) is 17.7 Å². The summed E-state index contributed by atoms with van der Waals surface area (Å²) in [7, 11) is 1.76. The van der Waals surface area contributed by atoms with Crippen LogP contribution in [0.15, 0.2) is 46.9 Å². The first-order chi connectivity index (χ1) is 15.7. The third kappa shape index (κ3) is 3.49. The topological polar surface area (TPSA) is 97.9 Å². The highest BCUT2D eigenvalue weighted by Crippen LogP contribution is 2.37. The first-order valence-electron chi connectivity index (χ1n) is 10.2. The SMILES string of the molecule is Cn1nc(-c2nnc([C@]3(C)CCNC3=O)o2)c2c(Nc3ccc(C(F)(F)F)cc3)cccc21. The van der Waals surface area contributed by atoms with Crippen LogP contribution in [0.4, 0.5) is 24.5 Å². The molecule has 0 saturated carbocycles. The molecular formula is C22H19F3N6O2. The molecule has 1 saturated heterocycles. The van der Waals surface area contributed by atoms with Gasteiger partial charge in [0.15, 0.2) is 5.69 Å². The lowest BCUT2D eigenvalue weighted by molar-refractivity contribution is -0.137. The zero-order valence-corrected chi connectivity index (χ0v) is 17.7. The molecule has 1 aliphatic heterocycles. The highest BCUT2D eigenvalue weighted by atomic mass is 19.4. The maximum absolute atomic E-state index is 12.9. The van der Waals surface area contributed by atoms with Gasteiger partial charge in [0.25, 0.3) is 5.89 Å². The first-order valence-corrected chi connectivity index (χ1v) is 10.2. The standard InChI is InChI=1S/C22H19F3N6O2/c1-21(10-11-26-19(21)32)20-29-28-18(33-20)17-16-14(4-3-5-15(16)31(2)30-17)27-13-8-6-12(7-9-13)22(23,24)25/h3-9,27H,10-11H2,1-2H3,(H,26,32)/t21-/m1/s1. The Hall–Kier alpha value is -3.89. The summed E-state index contributed by atoms with van der Waals surface area (Å²) in [4.78, 5) is 12.3. The number of aryl methyl sites for hydroxylation is 1. The van der Waals surface area contributed by atoms with Crippen molar-refractivity contribution in [3.8, 4) is 11.6 Å². The van der Waals surface area contributed by atoms with Crippen molar-refractivity contribution < 1.29 is 22.4 Å². The smallest absolute Gasteiger partial charge is 0.416 e. The van der Waals surface area contributed by atoms with Gasteiger partial charge >= 0.3 is 6.18 Å². The van der Waals surface area contributed by atoms with Crippen LogP contribution >= 0.6 is 0 Å². The van der Waals surface area contributed by atoms with Gasteiger partial charge in [0.1, 0.15) is 5.41 Å². The van der Waals surface area contributed by atoms with Gasteiger partial charge in [-0.3, -0.25) is 9.48 Å². The molecule has 33 heavy (non-hydrogen) atoms. The molecular weight excluding hydrogens is 437 g/mol. The average molecular weight is 456 g/mol. The van der Waals surface area contributed by atoms with E-state index >= 15 is 0 Å². The number of alkyl halides is 3. The molecule has 1 fully saturated rings. The second kappa shape index (κ2) is 7.32. The lowest BCUT2D eigenvalue weighted by atomic mass is 9.89. The number of fused-ring (bicyclic) bond motifs is 1. The summed E-state index contributed by atoms with van der Waals surface area (Å²) in [5.74, 6) is 0.186. The fraction of sp³-hybridized carbons (Fsp3) is 0.273. The van der Waals surface area contributed by atoms with E-state index in [1.54, 1.807) is 24.7 Å². The molecule has 2 aromatic heterocycles. The molecule has 0 unspecified atom stereocenters. The Kier molecular flexibility index (Phi) is 4.66. The number of carbonyl (C=O) groups is 1. The predicted octanol–water partition coefficient (Wildman–Crippen LogP) is 4.16. The van der Waals surface area contributed by atoms with E-state index in [0.29, 0.717) is 35.4 Å². The minimum Gasteiger partial charge on any atom is -0.418 e. The number of hydrogen-bond donors (Lipinski definition) is 2. The molecule has 0 radical (unpaired) electrons. The molecule has 8 nitrogen and oxygen atoms in total. The van der Waals surface area contributed by atoms with Gasteiger partial charge in [0.2, 0.25) is 11.8 Å². The van der Waals surface area contributed by atoms with Crippen LogP contribution in [0.5, 0.6) is 0 Å². The van der Waals surface area contributed by atoms with Crippen LogP contribution in [0.1, 0.15) is 24.8 Å². The van der Waals surface area contributed by atoms with Crippen molar-refractivity contribution in [2.24, 2.45) is 7.05 Å². The third-order valence-corrected chi connectivity index (χ3v) is 5.88. The highest BCUT2D eigenvalue weighted by molar-refractivity contribution is 6.02. The van der Waals surface area contributed by atoms with E-state index in [0.717, 1.165) is 17.6 Å². The Morgan fingerprint density at radius 2 is 1.91 bits per heavy atom. The average Bonchev–Trinajstić information content (AvgIpc) is 3.47. The minimum absolute atomic E-state index is 0.151. The number of hydrogen-bond acceptors (Lipinski definition) is 6. The van der Waals surface area contributed by atoms with Crippen molar-refractivity contribution in [1.29, 1.82) is 0 Å². The molecule has 0 spiro atoms. The van der Waals surface area contributed by atoms with Gasteiger partial charge in [-0.05, 0) is 49.7 Å². The normalized spacial score (nSPS) is 18.6. The van der Waals surface area contributed by atoms with Crippen molar-refractivity contribution in [3.05, 3.63) is 53.9 Å². The number of carbonyl (C=O) groups excluding carboxylic acids is 1. The van der Waals surface area contributed by atoms with Crippen molar-refractivity contribution >= 4 is 28.2 Å². The van der Waals surface area contributed by atoms with Crippen LogP contribution in [0.25, 0.3) is 22.5 Å². The maximum Gasteiger partial charge on any atom is 0.416 e. The molecule has 1 amide bonds. The highest BCUT2D eigenvalue weighted by Gasteiger charge is 2.44. The Balaban J connectivity index is 1.55. The molecule has 11 heteroatoms. The fourth-order valence-corrected chi connectivity index (χ4v) is 3.95. The zero-order valence-electron chi connectivity index (χ0n) is 17.7. The number of rotatable bonds is 4. The van der Waals surface area contributed by atoms with Crippen molar-refractivity contribution in [2.75, 3.05) is 11.9 Å². The summed E-state index contributed by atoms with van der Waals surface area (Å²) < 4.78 is 46.2. The molecule has 5 rings (SSSR count). The Morgan fingerprint density at radius 1 is 1.15 bits per heavy atom. The van der Waals surface area contributed by atoms with Crippen LogP contribution in [-0.2, 0) is 23.4 Å². The molecule has 170 valence electrons. The van der Waals surface area contributed by atoms with E-state index in [1.807, 2.05) is 12.1 Å². The Morgan fingerprint density at radius 3 is 2.58 bits per heavy atom. The van der Waals surface area contributed by atoms with E-state index in [4.69, 9.17) is 4.42 Å². The van der Waals surface area contributed by atoms with Gasteiger partial charge in [0, 0.05) is 19.3 Å². The summed E-state index contributed by atoms with van der Waals surface area (Å²) in [5, 5.41) is 19.4. The third-order valence-electron chi connectivity index (χ3n) is 5.88. The van der Waals surface area contributed by atoms with Gasteiger partial charge < -0.3 is 15.1 Å². The summed E-state index contributed by atoms with van der Waals surface area (Å²) in [5.41, 5.74) is 0.620. The second-order valence-corrected chi connectivity index (χ2v) is 8.12. The summed E-state index contributed by atoms with van der Waals surface area (Å²) in [6, 6.07) is 10.2. The molecule has 4 aromatic rings. The quantitative estimate of drug-likeness (QED) is 0.479. The summed E-state index contributed by atoms with van der Waals surface area (Å²) in [6.45, 7) is 2.28. The van der Waals surface area contributed by atoms with E-state index in [1.165, 1.54) is 12.1 Å². The van der Waals surface area contributed by atoms with Gasteiger partial charge in [-0.15, -0.1) is 10.2 Å². The van der Waals surface area contributed by atoms with E-state index in [9.17, 15) is 18.0 Å². The Bertz CT molecular complexity index is 1360. The van der Waals surface area contributed by atoms with Crippen LogP contribution in [0, 0.1) is 0 Å². The largest absolute Gasteiger partial charge is 0.418 e. The predicted molar refractivity (Wildman–Crippen MR) is 114 cm³/mol. The number of nitrogens with one attached hydrogen (secondary N) is 2. The maximum atomic E-state index is 12.9. The fourth-order valence-electron chi connectivity index (χ4n) is 3.95. The van der Waals surface area contributed by atoms with Gasteiger partial charge in [-0.25, -0.2) is 0 Å². The number of benzene rings is 2. The van der Waals surface area contributed by atoms with Crippen LogP contribution in [0.2, 0.25) is 0 Å². The van der Waals surface area contributed by atoms with E-state index in [2.05, 4.69) is 25.9 Å². The molecule has 0 bridgehead atoms. The molecule has 0 aliphatic carbocycles. The molecule has 3 heterocycles. The van der Waals surface area contributed by atoms with Gasteiger partial charge in [0.05, 0.1) is 22.2 Å². The minimum atomic E-state index is -4.41. The van der Waals surface area contributed by atoms with Crippen molar-refractivity contribution in [2.45, 2.75) is 24.9 Å². The van der Waals surface area contributed by atoms with Crippen LogP contribution in [0.3, 0.4) is 0 Å². The molecule has 2 aromatic carbocycles. The van der Waals surface area contributed by atoms with E-state index < -0.39 is 17.2 Å². The van der Waals surface area contributed by atoms with Crippen LogP contribution in [-0.4, -0.2) is 32.4 Å². The van der Waals surface area contributed by atoms with Crippen LogP contribution < -0.4 is 10.6 Å². The number of aromatic nitrogens is 4. The Labute approximate surface area is 185 Å². The monoisotopic (exact) mass is 456 g/mol. The first kappa shape index (κ1) is 21.0. The van der Waals surface area contributed by atoms with Gasteiger partial charge in [-0.1, -0.05) is 6.07 Å². The number of anilines is 2. The number of nitrogens with zero attached hydrogens (tertiary/aromatic N) is 4. The number of amides is 1. The molecule has 1 atom stereocenters. The molecule has 2 N–H and O–H groups in total. The zero-order chi connectivity index (χ0) is 23.4. The summed E-state index contributed by atoms with van der Waals surface area (Å²) in [6.07, 6.45) is -3.87. The van der Waals surface area contributed by atoms with Crippen molar-refractivity contribution in [1.82, 2.24) is 25.3 Å². The molecule has 1 aliphatic rings. The lowest BCUT2D eigenvalue weighted by Gasteiger charge is -2.14.